The van der Waals surface area contributed by atoms with Crippen LogP contribution in [0.4, 0.5) is 5.69 Å². The summed E-state index contributed by atoms with van der Waals surface area (Å²) in [5, 5.41) is 0. The van der Waals surface area contributed by atoms with Crippen molar-refractivity contribution in [2.45, 2.75) is 38.5 Å². The van der Waals surface area contributed by atoms with Crippen LogP contribution in [0.5, 0.6) is 23.0 Å². The smallest absolute Gasteiger partial charge is 0.242 e. The van der Waals surface area contributed by atoms with E-state index in [1.54, 1.807) is 26.2 Å². The maximum Gasteiger partial charge on any atom is 0.242 e. The van der Waals surface area contributed by atoms with Crippen LogP contribution in [0, 0.1) is 5.92 Å². The van der Waals surface area contributed by atoms with Crippen molar-refractivity contribution in [3.8, 4) is 23.0 Å². The first-order chi connectivity index (χ1) is 21.8. The molecule has 8 nitrogen and oxygen atoms in total. The maximum absolute atomic E-state index is 13.9. The van der Waals surface area contributed by atoms with Gasteiger partial charge in [0.05, 0.1) is 27.9 Å². The number of unbranched alkanes of at least 4 members (excludes halogenated alkanes) is 1. The average molecular weight is 689 g/mol. The van der Waals surface area contributed by atoms with Gasteiger partial charge in [0.1, 0.15) is 11.2 Å². The molecule has 1 fully saturated rings. The number of benzene rings is 3. The summed E-state index contributed by atoms with van der Waals surface area (Å²) in [5.41, 5.74) is 3.43. The second-order valence-corrected chi connectivity index (χ2v) is 12.4. The number of carbonyl (C=O) groups is 1. The molecule has 0 spiro atoms. The number of likely N-dealkylation sites (N-methyl/N-ethyl adjacent to an activating group) is 1. The van der Waals surface area contributed by atoms with Gasteiger partial charge in [-0.25, -0.2) is 0 Å². The minimum atomic E-state index is -0.757. The van der Waals surface area contributed by atoms with Gasteiger partial charge in [0.15, 0.2) is 11.5 Å². The second kappa shape index (κ2) is 17.3. The molecular weight excluding hydrogens is 637 g/mol. The lowest BCUT2D eigenvalue weighted by Gasteiger charge is -2.35. The summed E-state index contributed by atoms with van der Waals surface area (Å²) in [6.45, 7) is 11.3. The molecule has 0 aliphatic carbocycles. The summed E-state index contributed by atoms with van der Waals surface area (Å²) in [5.74, 6) is 3.03. The number of ether oxygens (including phenoxy) is 4. The molecule has 1 unspecified atom stereocenters. The van der Waals surface area contributed by atoms with Gasteiger partial charge in [-0.1, -0.05) is 50.2 Å². The molecule has 0 aromatic heterocycles. The van der Waals surface area contributed by atoms with Crippen LogP contribution >= 0.6 is 24.8 Å². The number of para-hydroxylation sites is 2. The first-order valence-corrected chi connectivity index (χ1v) is 16.2. The predicted octanol–water partition coefficient (Wildman–Crippen LogP) is 6.49. The molecule has 1 atom stereocenters. The zero-order valence-corrected chi connectivity index (χ0v) is 30.3. The van der Waals surface area contributed by atoms with Crippen LogP contribution in [0.3, 0.4) is 0 Å². The molecule has 1 saturated heterocycles. The zero-order chi connectivity index (χ0) is 32.0. The van der Waals surface area contributed by atoms with Gasteiger partial charge >= 0.3 is 0 Å². The highest BCUT2D eigenvalue weighted by atomic mass is 35.5. The summed E-state index contributed by atoms with van der Waals surface area (Å²) >= 11 is 0. The van der Waals surface area contributed by atoms with Crippen molar-refractivity contribution in [2.24, 2.45) is 5.92 Å². The van der Waals surface area contributed by atoms with Gasteiger partial charge in [0.2, 0.25) is 11.7 Å². The Bertz CT molecular complexity index is 1440. The topological polar surface area (TPSA) is 63.7 Å². The molecule has 0 radical (unpaired) electrons. The van der Waals surface area contributed by atoms with E-state index in [-0.39, 0.29) is 36.6 Å². The number of rotatable bonds is 14. The number of anilines is 1. The molecule has 0 saturated carbocycles. The van der Waals surface area contributed by atoms with Crippen molar-refractivity contribution in [2.75, 3.05) is 79.2 Å². The second-order valence-electron chi connectivity index (χ2n) is 12.4. The van der Waals surface area contributed by atoms with Gasteiger partial charge in [0, 0.05) is 51.0 Å². The highest BCUT2D eigenvalue weighted by Crippen LogP contribution is 2.52. The molecule has 0 N–H and O–H groups in total. The number of hydrogen-bond donors (Lipinski definition) is 0. The molecule has 2 aliphatic heterocycles. The Morgan fingerprint density at radius 3 is 1.91 bits per heavy atom. The van der Waals surface area contributed by atoms with E-state index in [4.69, 9.17) is 18.9 Å². The van der Waals surface area contributed by atoms with Crippen molar-refractivity contribution < 1.29 is 23.7 Å². The monoisotopic (exact) mass is 687 g/mol. The van der Waals surface area contributed by atoms with Crippen molar-refractivity contribution in [3.05, 3.63) is 77.4 Å². The lowest BCUT2D eigenvalue weighted by atomic mass is 9.67. The number of nitrogens with zero attached hydrogens (tertiary/aromatic N) is 3. The van der Waals surface area contributed by atoms with E-state index in [1.165, 1.54) is 5.56 Å². The van der Waals surface area contributed by atoms with Gasteiger partial charge in [-0.3, -0.25) is 4.79 Å². The Morgan fingerprint density at radius 2 is 1.32 bits per heavy atom. The van der Waals surface area contributed by atoms with E-state index >= 15 is 0 Å². The van der Waals surface area contributed by atoms with Crippen LogP contribution in [0.25, 0.3) is 0 Å². The molecule has 3 aromatic rings. The number of amides is 1. The number of halogens is 2. The Hall–Kier alpha value is -3.17. The predicted molar refractivity (Wildman–Crippen MR) is 194 cm³/mol. The Morgan fingerprint density at radius 1 is 0.745 bits per heavy atom. The quantitative estimate of drug-likeness (QED) is 0.180. The maximum atomic E-state index is 13.9. The first kappa shape index (κ1) is 38.3. The minimum Gasteiger partial charge on any atom is -0.493 e. The number of carbonyl (C=O) groups excluding carboxylic acids is 1. The van der Waals surface area contributed by atoms with Gasteiger partial charge in [0.25, 0.3) is 0 Å². The van der Waals surface area contributed by atoms with Gasteiger partial charge in [-0.15, -0.1) is 24.8 Å². The molecule has 0 bridgehead atoms. The SMILES string of the molecule is COc1cc(CCN2CCN(CCCCOc3ccccc3C3(C(C)C)C(=O)N(C)c4ccccc43)CC2)cc(OC)c1OC.Cl.Cl. The van der Waals surface area contributed by atoms with Crippen LogP contribution in [-0.4, -0.2) is 90.0 Å². The lowest BCUT2D eigenvalue weighted by Crippen LogP contribution is -2.47. The van der Waals surface area contributed by atoms with Crippen molar-refractivity contribution in [3.63, 3.8) is 0 Å². The third-order valence-corrected chi connectivity index (χ3v) is 9.54. The molecule has 2 aliphatic rings. The Labute approximate surface area is 293 Å². The fourth-order valence-electron chi connectivity index (χ4n) is 7.06. The highest BCUT2D eigenvalue weighted by Gasteiger charge is 2.54. The number of piperazine rings is 1. The molecule has 10 heteroatoms. The van der Waals surface area contributed by atoms with E-state index in [2.05, 4.69) is 35.8 Å². The molecule has 1 amide bonds. The van der Waals surface area contributed by atoms with Crippen LogP contribution in [-0.2, 0) is 16.6 Å². The normalized spacial score (nSPS) is 17.9. The number of methoxy groups -OCH3 is 3. The fraction of sp³-hybridized carbons (Fsp3) is 0.486. The van der Waals surface area contributed by atoms with E-state index in [0.29, 0.717) is 23.9 Å². The summed E-state index contributed by atoms with van der Waals surface area (Å²) in [6, 6.07) is 20.4. The van der Waals surface area contributed by atoms with Crippen LogP contribution in [0.15, 0.2) is 60.7 Å². The van der Waals surface area contributed by atoms with Crippen molar-refractivity contribution >= 4 is 36.4 Å². The Balaban J connectivity index is 0.00000300. The summed E-state index contributed by atoms with van der Waals surface area (Å²) in [6.07, 6.45) is 2.98. The summed E-state index contributed by atoms with van der Waals surface area (Å²) < 4.78 is 22.9. The zero-order valence-electron chi connectivity index (χ0n) is 28.6. The van der Waals surface area contributed by atoms with E-state index in [9.17, 15) is 4.79 Å². The molecule has 258 valence electrons. The molecular formula is C37H51Cl2N3O5. The summed E-state index contributed by atoms with van der Waals surface area (Å²) in [7, 11) is 6.82. The molecule has 2 heterocycles. The Kier molecular flexibility index (Phi) is 14.1. The van der Waals surface area contributed by atoms with Crippen molar-refractivity contribution in [1.29, 1.82) is 0 Å². The molecule has 3 aromatic carbocycles. The minimum absolute atomic E-state index is 0. The van der Waals surface area contributed by atoms with Gasteiger partial charge in [-0.05, 0) is 67.1 Å². The van der Waals surface area contributed by atoms with Crippen LogP contribution < -0.4 is 23.8 Å². The molecule has 47 heavy (non-hydrogen) atoms. The number of hydrogen-bond acceptors (Lipinski definition) is 7. The van der Waals surface area contributed by atoms with Crippen LogP contribution in [0.1, 0.15) is 43.4 Å². The fourth-order valence-corrected chi connectivity index (χ4v) is 7.06. The van der Waals surface area contributed by atoms with Crippen LogP contribution in [0.2, 0.25) is 0 Å². The van der Waals surface area contributed by atoms with E-state index in [0.717, 1.165) is 81.1 Å². The van der Waals surface area contributed by atoms with Gasteiger partial charge in [-0.2, -0.15) is 0 Å². The third-order valence-electron chi connectivity index (χ3n) is 9.54. The summed E-state index contributed by atoms with van der Waals surface area (Å²) in [4.78, 5) is 20.8. The van der Waals surface area contributed by atoms with Gasteiger partial charge < -0.3 is 33.6 Å². The number of fused-ring (bicyclic) bond motifs is 1. The lowest BCUT2D eigenvalue weighted by molar-refractivity contribution is -0.122. The first-order valence-electron chi connectivity index (χ1n) is 16.2. The average Bonchev–Trinajstić information content (AvgIpc) is 3.30. The van der Waals surface area contributed by atoms with E-state index in [1.807, 2.05) is 55.6 Å². The van der Waals surface area contributed by atoms with Crippen molar-refractivity contribution in [1.82, 2.24) is 9.80 Å². The highest BCUT2D eigenvalue weighted by molar-refractivity contribution is 6.10. The third kappa shape index (κ3) is 7.78. The van der Waals surface area contributed by atoms with E-state index < -0.39 is 5.41 Å². The standard InChI is InChI=1S/C37H49N3O5.2ClH/c1-27(2)37(29-13-7-9-15-31(29)38(3)36(37)41)30-14-8-10-16-32(30)45-24-12-11-18-39-20-22-40(23-21-39)19-17-28-25-33(42-4)35(44-6)34(26-28)43-5;;/h7-10,13-16,25-27H,11-12,17-24H2,1-6H3;2*1H. The molecule has 5 rings (SSSR count). The largest absolute Gasteiger partial charge is 0.493 e.